The third-order valence-corrected chi connectivity index (χ3v) is 9.69. The Labute approximate surface area is 235 Å². The van der Waals surface area contributed by atoms with Gasteiger partial charge in [-0.3, -0.25) is 14.9 Å². The van der Waals surface area contributed by atoms with Crippen LogP contribution in [0.25, 0.3) is 0 Å². The molecule has 2 heterocycles. The number of rotatable bonds is 11. The second-order valence-corrected chi connectivity index (χ2v) is 12.2. The van der Waals surface area contributed by atoms with E-state index in [9.17, 15) is 23.3 Å². The normalized spacial score (nSPS) is 15.3. The van der Waals surface area contributed by atoms with Crippen LogP contribution in [-0.4, -0.2) is 68.9 Å². The Hall–Kier alpha value is -3.03. The van der Waals surface area contributed by atoms with Crippen LogP contribution in [0.2, 0.25) is 5.02 Å². The van der Waals surface area contributed by atoms with Crippen LogP contribution in [0, 0.1) is 10.1 Å². The van der Waals surface area contributed by atoms with E-state index < -0.39 is 33.2 Å². The van der Waals surface area contributed by atoms with E-state index in [0.717, 1.165) is 21.5 Å². The molecule has 0 aliphatic carbocycles. The van der Waals surface area contributed by atoms with Gasteiger partial charge in [-0.05, 0) is 59.7 Å². The smallest absolute Gasteiger partial charge is 0.289 e. The molecule has 0 radical (unpaired) electrons. The SMILES string of the molecule is COCCCN(CC(=O)N1CCc2sccc2[C@@H]1c1ccc(OC)cc1)S(=O)(=O)c1ccc(Cl)c([N+](=O)[O-])c1. The third kappa shape index (κ3) is 6.25. The van der Waals surface area contributed by atoms with Gasteiger partial charge in [-0.15, -0.1) is 11.3 Å². The molecule has 39 heavy (non-hydrogen) atoms. The maximum absolute atomic E-state index is 13.8. The Bertz CT molecular complexity index is 1440. The zero-order valence-corrected chi connectivity index (χ0v) is 23.8. The largest absolute Gasteiger partial charge is 0.497 e. The Morgan fingerprint density at radius 3 is 2.62 bits per heavy atom. The Morgan fingerprint density at radius 2 is 1.95 bits per heavy atom. The van der Waals surface area contributed by atoms with Gasteiger partial charge in [0, 0.05) is 37.7 Å². The summed E-state index contributed by atoms with van der Waals surface area (Å²) in [6.45, 7) is 0.247. The van der Waals surface area contributed by atoms with Crippen LogP contribution >= 0.6 is 22.9 Å². The zero-order valence-electron chi connectivity index (χ0n) is 21.4. The molecule has 0 fully saturated rings. The molecule has 2 aromatic carbocycles. The first-order valence-corrected chi connectivity index (χ1v) is 14.8. The first-order valence-electron chi connectivity index (χ1n) is 12.1. The summed E-state index contributed by atoms with van der Waals surface area (Å²) >= 11 is 7.53. The molecule has 1 aromatic heterocycles. The van der Waals surface area contributed by atoms with Crippen molar-refractivity contribution in [3.8, 4) is 5.75 Å². The monoisotopic (exact) mass is 593 g/mol. The summed E-state index contributed by atoms with van der Waals surface area (Å²) in [5, 5.41) is 13.2. The van der Waals surface area contributed by atoms with Gasteiger partial charge in [-0.1, -0.05) is 23.7 Å². The number of carbonyl (C=O) groups excluding carboxylic acids is 1. The average molecular weight is 594 g/mol. The molecular formula is C26H28ClN3O7S2. The van der Waals surface area contributed by atoms with E-state index in [2.05, 4.69) is 0 Å². The Balaban J connectivity index is 1.67. The van der Waals surface area contributed by atoms with Gasteiger partial charge in [-0.2, -0.15) is 4.31 Å². The predicted molar refractivity (Wildman–Crippen MR) is 148 cm³/mol. The van der Waals surface area contributed by atoms with E-state index in [1.54, 1.807) is 23.3 Å². The summed E-state index contributed by atoms with van der Waals surface area (Å²) < 4.78 is 38.7. The van der Waals surface area contributed by atoms with Crippen LogP contribution in [0.5, 0.6) is 5.75 Å². The van der Waals surface area contributed by atoms with Crippen molar-refractivity contribution in [2.24, 2.45) is 0 Å². The van der Waals surface area contributed by atoms with Crippen molar-refractivity contribution in [1.82, 2.24) is 9.21 Å². The molecule has 10 nitrogen and oxygen atoms in total. The number of halogens is 1. The summed E-state index contributed by atoms with van der Waals surface area (Å²) in [5.41, 5.74) is 1.36. The third-order valence-electron chi connectivity index (χ3n) is 6.54. The van der Waals surface area contributed by atoms with Gasteiger partial charge in [0.25, 0.3) is 5.69 Å². The molecule has 1 aliphatic rings. The minimum atomic E-state index is -4.28. The van der Waals surface area contributed by atoms with E-state index in [1.807, 2.05) is 35.7 Å². The Morgan fingerprint density at radius 1 is 1.21 bits per heavy atom. The summed E-state index contributed by atoms with van der Waals surface area (Å²) in [5.74, 6) is 0.308. The van der Waals surface area contributed by atoms with E-state index in [-0.39, 0.29) is 29.0 Å². The first-order chi connectivity index (χ1) is 18.7. The number of nitrogens with zero attached hydrogens (tertiary/aromatic N) is 3. The van der Waals surface area contributed by atoms with Crippen LogP contribution in [-0.2, 0) is 26.0 Å². The highest BCUT2D eigenvalue weighted by atomic mass is 35.5. The quantitative estimate of drug-likeness (QED) is 0.182. The van der Waals surface area contributed by atoms with E-state index in [4.69, 9.17) is 21.1 Å². The number of sulfonamides is 1. The van der Waals surface area contributed by atoms with Crippen molar-refractivity contribution in [2.45, 2.75) is 23.8 Å². The molecule has 1 amide bonds. The highest BCUT2D eigenvalue weighted by Crippen LogP contribution is 2.38. The van der Waals surface area contributed by atoms with Gasteiger partial charge in [0.05, 0.1) is 29.5 Å². The lowest BCUT2D eigenvalue weighted by atomic mass is 9.93. The van der Waals surface area contributed by atoms with Crippen molar-refractivity contribution in [3.63, 3.8) is 0 Å². The number of fused-ring (bicyclic) bond motifs is 1. The van der Waals surface area contributed by atoms with Gasteiger partial charge in [0.2, 0.25) is 15.9 Å². The molecule has 1 atom stereocenters. The van der Waals surface area contributed by atoms with Crippen LogP contribution in [0.4, 0.5) is 5.69 Å². The number of thiophene rings is 1. The maximum atomic E-state index is 13.8. The molecule has 0 bridgehead atoms. The lowest BCUT2D eigenvalue weighted by Gasteiger charge is -2.37. The highest BCUT2D eigenvalue weighted by Gasteiger charge is 2.36. The average Bonchev–Trinajstić information content (AvgIpc) is 3.41. The van der Waals surface area contributed by atoms with Crippen molar-refractivity contribution in [3.05, 3.63) is 85.1 Å². The molecule has 0 saturated carbocycles. The molecule has 0 saturated heterocycles. The fourth-order valence-electron chi connectivity index (χ4n) is 4.58. The van der Waals surface area contributed by atoms with E-state index in [0.29, 0.717) is 25.1 Å². The lowest BCUT2D eigenvalue weighted by Crippen LogP contribution is -2.47. The number of benzene rings is 2. The standard InChI is InChI=1S/C26H28ClN3O7S2/c1-36-14-3-12-28(39(34,35)20-8-9-22(27)23(16-20)30(32)33)17-25(31)29-13-10-24-21(11-15-38-24)26(29)18-4-6-19(37-2)7-5-18/h4-9,11,15-16,26H,3,10,12-14,17H2,1-2H3/t26-/m0/s1. The molecule has 0 unspecified atom stereocenters. The highest BCUT2D eigenvalue weighted by molar-refractivity contribution is 7.89. The number of methoxy groups -OCH3 is 2. The van der Waals surface area contributed by atoms with Crippen LogP contribution in [0.15, 0.2) is 58.8 Å². The van der Waals surface area contributed by atoms with E-state index >= 15 is 0 Å². The van der Waals surface area contributed by atoms with Gasteiger partial charge >= 0.3 is 0 Å². The summed E-state index contributed by atoms with van der Waals surface area (Å²) in [7, 11) is -1.20. The molecule has 1 aliphatic heterocycles. The van der Waals surface area contributed by atoms with Gasteiger partial charge in [-0.25, -0.2) is 8.42 Å². The van der Waals surface area contributed by atoms with Gasteiger partial charge in [0.1, 0.15) is 10.8 Å². The topological polar surface area (TPSA) is 119 Å². The number of nitro benzene ring substituents is 1. The minimum Gasteiger partial charge on any atom is -0.497 e. The summed E-state index contributed by atoms with van der Waals surface area (Å²) in [6.07, 6.45) is 0.987. The fraction of sp³-hybridized carbons (Fsp3) is 0.346. The van der Waals surface area contributed by atoms with Crippen molar-refractivity contribution < 1.29 is 27.6 Å². The molecule has 208 valence electrons. The number of amides is 1. The van der Waals surface area contributed by atoms with Crippen molar-refractivity contribution in [1.29, 1.82) is 0 Å². The summed E-state index contributed by atoms with van der Waals surface area (Å²) in [4.78, 5) is 27.0. The van der Waals surface area contributed by atoms with Gasteiger partial charge in [0.15, 0.2) is 0 Å². The van der Waals surface area contributed by atoms with Crippen molar-refractivity contribution in [2.75, 3.05) is 40.5 Å². The Kier molecular flexibility index (Phi) is 9.23. The predicted octanol–water partition coefficient (Wildman–Crippen LogP) is 4.52. The number of carbonyl (C=O) groups is 1. The number of hydrogen-bond acceptors (Lipinski definition) is 8. The van der Waals surface area contributed by atoms with E-state index in [1.165, 1.54) is 24.1 Å². The maximum Gasteiger partial charge on any atom is 0.289 e. The summed E-state index contributed by atoms with van der Waals surface area (Å²) in [6, 6.07) is 12.4. The van der Waals surface area contributed by atoms with Crippen LogP contribution in [0.1, 0.15) is 28.5 Å². The first kappa shape index (κ1) is 29.0. The van der Waals surface area contributed by atoms with Gasteiger partial charge < -0.3 is 14.4 Å². The second kappa shape index (κ2) is 12.4. The number of nitro groups is 1. The molecule has 4 rings (SSSR count). The molecule has 0 spiro atoms. The lowest BCUT2D eigenvalue weighted by molar-refractivity contribution is -0.384. The van der Waals surface area contributed by atoms with Crippen LogP contribution in [0.3, 0.4) is 0 Å². The number of hydrogen-bond donors (Lipinski definition) is 0. The molecule has 3 aromatic rings. The number of ether oxygens (including phenoxy) is 2. The zero-order chi connectivity index (χ0) is 28.2. The molecular weight excluding hydrogens is 566 g/mol. The fourth-order valence-corrected chi connectivity index (χ4v) is 7.12. The van der Waals surface area contributed by atoms with Crippen molar-refractivity contribution >= 4 is 44.6 Å². The molecule has 0 N–H and O–H groups in total. The van der Waals surface area contributed by atoms with Crippen LogP contribution < -0.4 is 4.74 Å². The minimum absolute atomic E-state index is 0.0108. The second-order valence-electron chi connectivity index (χ2n) is 8.87. The molecule has 13 heteroatoms.